The molecule has 1 aliphatic rings. The van der Waals surface area contributed by atoms with Crippen LogP contribution in [0.5, 0.6) is 5.75 Å². The van der Waals surface area contributed by atoms with Gasteiger partial charge in [0.05, 0.1) is 6.61 Å². The number of nitrogens with zero attached hydrogens (tertiary/aromatic N) is 2. The van der Waals surface area contributed by atoms with Gasteiger partial charge in [0.15, 0.2) is 0 Å². The van der Waals surface area contributed by atoms with Gasteiger partial charge in [0.25, 0.3) is 5.91 Å². The van der Waals surface area contributed by atoms with Crippen molar-refractivity contribution in [3.63, 3.8) is 0 Å². The van der Waals surface area contributed by atoms with Crippen LogP contribution < -0.4 is 4.74 Å². The van der Waals surface area contributed by atoms with Gasteiger partial charge in [-0.3, -0.25) is 9.59 Å². The van der Waals surface area contributed by atoms with Gasteiger partial charge in [-0.15, -0.1) is 0 Å². The lowest BCUT2D eigenvalue weighted by atomic mass is 10.1. The molecule has 2 aromatic carbocycles. The number of carbonyl (C=O) groups is 2. The first-order chi connectivity index (χ1) is 13.5. The summed E-state index contributed by atoms with van der Waals surface area (Å²) in [5.74, 6) is 0.666. The molecule has 1 heterocycles. The number of hydrogen-bond donors (Lipinski definition) is 0. The normalized spacial score (nSPS) is 16.1. The third kappa shape index (κ3) is 4.55. The van der Waals surface area contributed by atoms with Crippen molar-refractivity contribution in [1.29, 1.82) is 0 Å². The summed E-state index contributed by atoms with van der Waals surface area (Å²) in [6.45, 7) is 3.57. The standard InChI is InChI=1S/C22H25BrN2O3/c1-3-28-20-9-5-4-7-17(20)15-24(2)22(27)19-8-6-14-25(19)21(26)16-10-12-18(23)13-11-16/h4-5,7,9-13,19H,3,6,8,14-15H2,1-2H3. The molecular formula is C22H25BrN2O3. The lowest BCUT2D eigenvalue weighted by molar-refractivity contribution is -0.134. The molecule has 0 saturated carbocycles. The van der Waals surface area contributed by atoms with Crippen LogP contribution in [0.1, 0.15) is 35.7 Å². The van der Waals surface area contributed by atoms with Crippen LogP contribution >= 0.6 is 15.9 Å². The van der Waals surface area contributed by atoms with Crippen molar-refractivity contribution < 1.29 is 14.3 Å². The van der Waals surface area contributed by atoms with E-state index in [1.165, 1.54) is 0 Å². The zero-order valence-electron chi connectivity index (χ0n) is 16.2. The third-order valence-electron chi connectivity index (χ3n) is 4.95. The summed E-state index contributed by atoms with van der Waals surface area (Å²) < 4.78 is 6.59. The predicted molar refractivity (Wildman–Crippen MR) is 112 cm³/mol. The molecule has 6 heteroatoms. The van der Waals surface area contributed by atoms with Crippen LogP contribution in [0.3, 0.4) is 0 Å². The van der Waals surface area contributed by atoms with Crippen LogP contribution in [0.2, 0.25) is 0 Å². The average Bonchev–Trinajstić information content (AvgIpc) is 3.19. The average molecular weight is 445 g/mol. The number of rotatable bonds is 6. The van der Waals surface area contributed by atoms with E-state index in [9.17, 15) is 9.59 Å². The van der Waals surface area contributed by atoms with E-state index >= 15 is 0 Å². The number of likely N-dealkylation sites (N-methyl/N-ethyl adjacent to an activating group) is 1. The van der Waals surface area contributed by atoms with E-state index in [4.69, 9.17) is 4.74 Å². The topological polar surface area (TPSA) is 49.9 Å². The van der Waals surface area contributed by atoms with Gasteiger partial charge in [-0.05, 0) is 50.1 Å². The maximum atomic E-state index is 13.1. The molecule has 148 valence electrons. The number of ether oxygens (including phenoxy) is 1. The Morgan fingerprint density at radius 3 is 2.61 bits per heavy atom. The summed E-state index contributed by atoms with van der Waals surface area (Å²) in [4.78, 5) is 29.4. The van der Waals surface area contributed by atoms with Crippen LogP contribution in [0.25, 0.3) is 0 Å². The fourth-order valence-corrected chi connectivity index (χ4v) is 3.81. The molecule has 0 N–H and O–H groups in total. The van der Waals surface area contributed by atoms with Gasteiger partial charge in [-0.25, -0.2) is 0 Å². The molecule has 0 bridgehead atoms. The first-order valence-electron chi connectivity index (χ1n) is 9.53. The van der Waals surface area contributed by atoms with E-state index in [-0.39, 0.29) is 11.8 Å². The molecule has 5 nitrogen and oxygen atoms in total. The molecule has 1 saturated heterocycles. The van der Waals surface area contributed by atoms with Gasteiger partial charge in [-0.2, -0.15) is 0 Å². The van der Waals surface area contributed by atoms with Crippen molar-refractivity contribution in [2.75, 3.05) is 20.2 Å². The lowest BCUT2D eigenvalue weighted by Gasteiger charge is -2.28. The summed E-state index contributed by atoms with van der Waals surface area (Å²) in [5, 5.41) is 0. The highest BCUT2D eigenvalue weighted by Gasteiger charge is 2.36. The highest BCUT2D eigenvalue weighted by atomic mass is 79.9. The highest BCUT2D eigenvalue weighted by molar-refractivity contribution is 9.10. The first-order valence-corrected chi connectivity index (χ1v) is 10.3. The quantitative estimate of drug-likeness (QED) is 0.673. The van der Waals surface area contributed by atoms with Crippen LogP contribution in [-0.4, -0.2) is 47.9 Å². The van der Waals surface area contributed by atoms with Gasteiger partial charge >= 0.3 is 0 Å². The number of amides is 2. The maximum absolute atomic E-state index is 13.1. The summed E-state index contributed by atoms with van der Waals surface area (Å²) in [6.07, 6.45) is 1.53. The largest absolute Gasteiger partial charge is 0.494 e. The molecule has 3 rings (SSSR count). The van der Waals surface area contributed by atoms with E-state index in [0.717, 1.165) is 22.2 Å². The molecule has 0 aliphatic carbocycles. The van der Waals surface area contributed by atoms with Crippen molar-refractivity contribution >= 4 is 27.7 Å². The van der Waals surface area contributed by atoms with Crippen molar-refractivity contribution in [3.8, 4) is 5.75 Å². The number of halogens is 1. The summed E-state index contributed by atoms with van der Waals surface area (Å²) in [7, 11) is 1.78. The van der Waals surface area contributed by atoms with Gasteiger partial charge in [-0.1, -0.05) is 34.1 Å². The van der Waals surface area contributed by atoms with Crippen molar-refractivity contribution in [2.45, 2.75) is 32.4 Å². The minimum absolute atomic E-state index is 0.0331. The fraction of sp³-hybridized carbons (Fsp3) is 0.364. The number of para-hydroxylation sites is 1. The maximum Gasteiger partial charge on any atom is 0.254 e. The van der Waals surface area contributed by atoms with Crippen molar-refractivity contribution in [2.24, 2.45) is 0 Å². The number of carbonyl (C=O) groups excluding carboxylic acids is 2. The van der Waals surface area contributed by atoms with E-state index < -0.39 is 6.04 Å². The third-order valence-corrected chi connectivity index (χ3v) is 5.47. The monoisotopic (exact) mass is 444 g/mol. The van der Waals surface area contributed by atoms with Crippen molar-refractivity contribution in [1.82, 2.24) is 9.80 Å². The molecule has 28 heavy (non-hydrogen) atoms. The van der Waals surface area contributed by atoms with Crippen LogP contribution in [0, 0.1) is 0 Å². The minimum Gasteiger partial charge on any atom is -0.494 e. The van der Waals surface area contributed by atoms with Crippen molar-refractivity contribution in [3.05, 3.63) is 64.1 Å². The molecule has 1 atom stereocenters. The molecule has 0 radical (unpaired) electrons. The van der Waals surface area contributed by atoms with E-state index in [0.29, 0.717) is 31.7 Å². The first kappa shape index (κ1) is 20.4. The van der Waals surface area contributed by atoms with E-state index in [1.807, 2.05) is 43.3 Å². The number of likely N-dealkylation sites (tertiary alicyclic amines) is 1. The minimum atomic E-state index is -0.416. The SMILES string of the molecule is CCOc1ccccc1CN(C)C(=O)C1CCCN1C(=O)c1ccc(Br)cc1. The smallest absolute Gasteiger partial charge is 0.254 e. The number of hydrogen-bond acceptors (Lipinski definition) is 3. The highest BCUT2D eigenvalue weighted by Crippen LogP contribution is 2.25. The zero-order valence-corrected chi connectivity index (χ0v) is 17.8. The van der Waals surface area contributed by atoms with E-state index in [2.05, 4.69) is 15.9 Å². The molecule has 1 aliphatic heterocycles. The second kappa shape index (κ2) is 9.24. The molecule has 2 amide bonds. The Bertz CT molecular complexity index is 838. The summed E-state index contributed by atoms with van der Waals surface area (Å²) in [5.41, 5.74) is 1.57. The predicted octanol–water partition coefficient (Wildman–Crippen LogP) is 4.11. The Morgan fingerprint density at radius 2 is 1.89 bits per heavy atom. The van der Waals surface area contributed by atoms with Crippen LogP contribution in [0.15, 0.2) is 53.0 Å². The summed E-state index contributed by atoms with van der Waals surface area (Å²) in [6, 6.07) is 14.6. The van der Waals surface area contributed by atoms with Gasteiger partial charge in [0.1, 0.15) is 11.8 Å². The summed E-state index contributed by atoms with van der Waals surface area (Å²) >= 11 is 3.38. The van der Waals surface area contributed by atoms with Gasteiger partial charge in [0.2, 0.25) is 5.91 Å². The Kier molecular flexibility index (Phi) is 6.73. The molecular weight excluding hydrogens is 420 g/mol. The van der Waals surface area contributed by atoms with Gasteiger partial charge < -0.3 is 14.5 Å². The number of benzene rings is 2. The Hall–Kier alpha value is -2.34. The fourth-order valence-electron chi connectivity index (χ4n) is 3.54. The van der Waals surface area contributed by atoms with E-state index in [1.54, 1.807) is 29.0 Å². The van der Waals surface area contributed by atoms with Crippen LogP contribution in [-0.2, 0) is 11.3 Å². The molecule has 1 unspecified atom stereocenters. The van der Waals surface area contributed by atoms with Gasteiger partial charge in [0, 0.05) is 35.7 Å². The van der Waals surface area contributed by atoms with Crippen LogP contribution in [0.4, 0.5) is 0 Å². The molecule has 1 fully saturated rings. The molecule has 2 aromatic rings. The Balaban J connectivity index is 1.72. The Labute approximate surface area is 174 Å². The lowest BCUT2D eigenvalue weighted by Crippen LogP contribution is -2.46. The zero-order chi connectivity index (χ0) is 20.1. The second-order valence-electron chi connectivity index (χ2n) is 6.90. The molecule has 0 spiro atoms. The molecule has 0 aromatic heterocycles. The Morgan fingerprint density at radius 1 is 1.18 bits per heavy atom. The second-order valence-corrected chi connectivity index (χ2v) is 7.81.